The number of halogens is 1. The van der Waals surface area contributed by atoms with Crippen molar-refractivity contribution in [3.63, 3.8) is 0 Å². The second-order valence-corrected chi connectivity index (χ2v) is 0. The fourth-order valence-corrected chi connectivity index (χ4v) is 0. The molecule has 0 aliphatic heterocycles. The summed E-state index contributed by atoms with van der Waals surface area (Å²) >= 11 is 0. The van der Waals surface area contributed by atoms with Crippen LogP contribution in [0.25, 0.3) is 0 Å². The van der Waals surface area contributed by atoms with Crippen LogP contribution in [0.3, 0.4) is 0 Å². The number of rotatable bonds is 0. The molecule has 0 aromatic rings. The number of hydrogen-bond acceptors (Lipinski definition) is 3. The van der Waals surface area contributed by atoms with E-state index in [9.17, 15) is 0 Å². The Labute approximate surface area is 78.4 Å². The molecule has 0 unspecified atom stereocenters. The van der Waals surface area contributed by atoms with Gasteiger partial charge in [-0.2, -0.15) is 0 Å². The van der Waals surface area contributed by atoms with Gasteiger partial charge in [0.2, 0.25) is 0 Å². The molecule has 0 radical (unpaired) electrons. The Morgan fingerprint density at radius 3 is 0.667 bits per heavy atom. The topological polar surface area (TPSA) is 105 Å². The van der Waals surface area contributed by atoms with Gasteiger partial charge < -0.3 is 31.6 Å². The van der Waals surface area contributed by atoms with Crippen LogP contribution in [0, 0.1) is 13.2 Å². The molecule has 0 saturated carbocycles. The van der Waals surface area contributed by atoms with E-state index < -0.39 is 0 Å². The van der Waals surface area contributed by atoms with Crippen LogP contribution in [0.2, 0.25) is 0 Å². The van der Waals surface area contributed by atoms with E-state index in [1.807, 2.05) is 0 Å². The molecular formula is C4H16ClN3Pt. The number of hydrogen-bond donors (Lipinski definition) is 3. The smallest absolute Gasteiger partial charge is 0.521 e. The predicted octanol–water partition coefficient (Wildman–Crippen LogP) is 2.12. The van der Waals surface area contributed by atoms with Crippen molar-refractivity contribution in [3.8, 4) is 0 Å². The Hall–Kier alpha value is 0.338. The predicted molar refractivity (Wildman–Crippen MR) is 42.2 cm³/mol. The van der Waals surface area contributed by atoms with Gasteiger partial charge in [0, 0.05) is 0 Å². The Bertz CT molecular complexity index is 17.8. The summed E-state index contributed by atoms with van der Waals surface area (Å²) < 4.78 is 0. The molecule has 0 aliphatic carbocycles. The van der Waals surface area contributed by atoms with Gasteiger partial charge in [-0.05, 0) is 0 Å². The van der Waals surface area contributed by atoms with Crippen molar-refractivity contribution in [1.29, 1.82) is 0 Å². The minimum Gasteiger partial charge on any atom is -0.521 e. The van der Waals surface area contributed by atoms with E-state index in [1.54, 1.807) is 0 Å². The van der Waals surface area contributed by atoms with Crippen molar-refractivity contribution in [3.05, 3.63) is 26.3 Å². The first kappa shape index (κ1) is 119. The largest absolute Gasteiger partial charge is 2.00 e. The van der Waals surface area contributed by atoms with Gasteiger partial charge in [-0.3, -0.25) is 13.2 Å². The molecule has 9 heavy (non-hydrogen) atoms. The Morgan fingerprint density at radius 1 is 0.667 bits per heavy atom. The first-order chi connectivity index (χ1) is 2.00. The zero-order valence-electron chi connectivity index (χ0n) is 5.41. The summed E-state index contributed by atoms with van der Waals surface area (Å²) in [5.41, 5.74) is 0. The molecule has 0 heterocycles. The minimum absolute atomic E-state index is 0. The zero-order valence-corrected chi connectivity index (χ0v) is 8.50. The second kappa shape index (κ2) is 3920. The van der Waals surface area contributed by atoms with E-state index in [0.29, 0.717) is 0 Å². The fraction of sp³-hybridized carbons (Fsp3) is 0. The molecule has 0 fully saturated rings. The second-order valence-electron chi connectivity index (χ2n) is 0. The third kappa shape index (κ3) is 2930. The van der Waals surface area contributed by atoms with Gasteiger partial charge in [0.1, 0.15) is 0 Å². The summed E-state index contributed by atoms with van der Waals surface area (Å²) in [5, 5.41) is 0. The van der Waals surface area contributed by atoms with Crippen LogP contribution in [0.1, 0.15) is 0 Å². The van der Waals surface area contributed by atoms with Crippen LogP contribution in [-0.4, -0.2) is 0 Å². The standard InChI is InChI=1S/2C2H3.ClH.3H3N.Pt/c2*1-2;;;;;/h2*1H,2H2;1H;3*1H3;/q2*-1;;;;;+2. The normalized spacial score (nSPS) is 0.889. The van der Waals surface area contributed by atoms with Gasteiger partial charge in [-0.25, -0.2) is 0 Å². The van der Waals surface area contributed by atoms with Gasteiger partial charge in [-0.1, -0.05) is 0 Å². The van der Waals surface area contributed by atoms with Crippen molar-refractivity contribution in [2.75, 3.05) is 0 Å². The average Bonchev–Trinajstić information content (AvgIpc) is 1.50. The van der Waals surface area contributed by atoms with E-state index in [1.165, 1.54) is 0 Å². The van der Waals surface area contributed by atoms with Crippen molar-refractivity contribution >= 4 is 12.4 Å². The van der Waals surface area contributed by atoms with Gasteiger partial charge in [0.05, 0.1) is 0 Å². The van der Waals surface area contributed by atoms with Crippen molar-refractivity contribution < 1.29 is 21.1 Å². The van der Waals surface area contributed by atoms with Gasteiger partial charge in [0.15, 0.2) is 0 Å². The van der Waals surface area contributed by atoms with Crippen molar-refractivity contribution in [2.24, 2.45) is 0 Å². The summed E-state index contributed by atoms with van der Waals surface area (Å²) in [7, 11) is 0. The quantitative estimate of drug-likeness (QED) is 0.590. The Balaban J connectivity index is -0.00000000114. The maximum Gasteiger partial charge on any atom is 2.00 e. The van der Waals surface area contributed by atoms with Crippen LogP contribution >= 0.6 is 12.4 Å². The minimum atomic E-state index is 0. The summed E-state index contributed by atoms with van der Waals surface area (Å²) in [6.07, 6.45) is 0. The van der Waals surface area contributed by atoms with Crippen LogP contribution in [-0.2, 0) is 21.1 Å². The molecule has 0 saturated heterocycles. The van der Waals surface area contributed by atoms with E-state index in [2.05, 4.69) is 26.3 Å². The van der Waals surface area contributed by atoms with E-state index >= 15 is 0 Å². The van der Waals surface area contributed by atoms with Crippen LogP contribution in [0.4, 0.5) is 0 Å². The third-order valence-electron chi connectivity index (χ3n) is 0. The molecule has 0 aromatic carbocycles. The van der Waals surface area contributed by atoms with Crippen molar-refractivity contribution in [2.45, 2.75) is 0 Å². The van der Waals surface area contributed by atoms with Crippen LogP contribution in [0.5, 0.6) is 0 Å². The fourth-order valence-electron chi connectivity index (χ4n) is 0. The van der Waals surface area contributed by atoms with Crippen LogP contribution in [0.15, 0.2) is 13.2 Å². The Morgan fingerprint density at radius 2 is 0.667 bits per heavy atom. The molecule has 0 atom stereocenters. The van der Waals surface area contributed by atoms with E-state index in [0.717, 1.165) is 0 Å². The monoisotopic (exact) mass is 336 g/mol. The van der Waals surface area contributed by atoms with Crippen LogP contribution < -0.4 is 18.5 Å². The molecule has 5 heteroatoms. The molecule has 0 aromatic heterocycles. The molecule has 0 aliphatic rings. The first-order valence-corrected chi connectivity index (χ1v) is 0.816. The molecule has 0 spiro atoms. The molecule has 0 bridgehead atoms. The SMILES string of the molecule is Cl.N.N.N.[CH-]=C.[CH-]=C.[Pt+2]. The molecule has 0 rings (SSSR count). The average molecular weight is 337 g/mol. The summed E-state index contributed by atoms with van der Waals surface area (Å²) in [5.74, 6) is 0. The van der Waals surface area contributed by atoms with Gasteiger partial charge in [0.25, 0.3) is 0 Å². The third-order valence-corrected chi connectivity index (χ3v) is 0. The first-order valence-electron chi connectivity index (χ1n) is 0.816. The summed E-state index contributed by atoms with van der Waals surface area (Å²) in [6.45, 7) is 14.0. The summed E-state index contributed by atoms with van der Waals surface area (Å²) in [4.78, 5) is 0. The maximum atomic E-state index is 4.25. The summed E-state index contributed by atoms with van der Waals surface area (Å²) in [6, 6.07) is 0. The zero-order chi connectivity index (χ0) is 4.00. The van der Waals surface area contributed by atoms with Gasteiger partial charge in [-0.15, -0.1) is 12.4 Å². The van der Waals surface area contributed by atoms with E-state index in [-0.39, 0.29) is 51.9 Å². The molecule has 9 N–H and O–H groups in total. The maximum absolute atomic E-state index is 4.25. The van der Waals surface area contributed by atoms with E-state index in [4.69, 9.17) is 0 Å². The molecule has 64 valence electrons. The Kier molecular flexibility index (Phi) is 51800. The van der Waals surface area contributed by atoms with Gasteiger partial charge >= 0.3 is 21.1 Å². The molecule has 3 nitrogen and oxygen atoms in total. The molecule has 0 amide bonds. The molecular weight excluding hydrogens is 321 g/mol. The van der Waals surface area contributed by atoms with Crippen molar-refractivity contribution in [1.82, 2.24) is 18.5 Å².